The minimum absolute atomic E-state index is 0.136. The lowest BCUT2D eigenvalue weighted by Crippen LogP contribution is -2.79. The van der Waals surface area contributed by atoms with Gasteiger partial charge < -0.3 is 15.1 Å². The van der Waals surface area contributed by atoms with E-state index in [1.807, 2.05) is 101 Å². The molecule has 0 bridgehead atoms. The van der Waals surface area contributed by atoms with E-state index < -0.39 is 29.2 Å². The summed E-state index contributed by atoms with van der Waals surface area (Å²) >= 11 is 0. The van der Waals surface area contributed by atoms with Gasteiger partial charge in [-0.2, -0.15) is 0 Å². The van der Waals surface area contributed by atoms with Crippen LogP contribution < -0.4 is 0 Å². The zero-order chi connectivity index (χ0) is 31.2. The first-order valence-electron chi connectivity index (χ1n) is 15.3. The van der Waals surface area contributed by atoms with Crippen molar-refractivity contribution in [1.29, 1.82) is 0 Å². The number of benzene rings is 3. The fourth-order valence-corrected chi connectivity index (χ4v) is 6.67. The lowest BCUT2D eigenvalue weighted by atomic mass is 9.64. The van der Waals surface area contributed by atoms with Gasteiger partial charge in [-0.15, -0.1) is 0 Å². The van der Waals surface area contributed by atoms with Gasteiger partial charge in [0.15, 0.2) is 5.54 Å². The monoisotopic (exact) mass is 585 g/mol. The van der Waals surface area contributed by atoms with E-state index in [9.17, 15) is 19.8 Å². The molecule has 3 aromatic carbocycles. The summed E-state index contributed by atoms with van der Waals surface area (Å²) in [6.45, 7) is 11.7. The molecular weight excluding hydrogens is 538 g/mol. The largest absolute Gasteiger partial charge is 0.465 e. The standard InChI is InChI=1S/C36H47N3O4/c1-27(2)24-37-21-22-39(34(42)43)36(33(37)41,35(3,4)5)32(40)31(23-28-15-9-6-10-16-28)38(25-29-17-11-7-12-18-29)26-30-19-13-8-14-20-30/h6-20,27,31-32,40H,21-26H2,1-5H3,(H,42,43)/t31-,32-,36?/m0/s1. The van der Waals surface area contributed by atoms with Gasteiger partial charge in [-0.25, -0.2) is 4.79 Å². The van der Waals surface area contributed by atoms with Crippen LogP contribution in [0.1, 0.15) is 51.3 Å². The summed E-state index contributed by atoms with van der Waals surface area (Å²) in [5, 5.41) is 23.4. The number of nitrogens with zero attached hydrogens (tertiary/aromatic N) is 3. The van der Waals surface area contributed by atoms with Gasteiger partial charge in [-0.3, -0.25) is 14.6 Å². The molecule has 1 fully saturated rings. The van der Waals surface area contributed by atoms with E-state index in [1.54, 1.807) is 4.90 Å². The zero-order valence-electron chi connectivity index (χ0n) is 26.2. The maximum atomic E-state index is 14.7. The summed E-state index contributed by atoms with van der Waals surface area (Å²) in [5.74, 6) is -0.129. The molecular formula is C36H47N3O4. The second-order valence-electron chi connectivity index (χ2n) is 13.2. The Kier molecular flexibility index (Phi) is 10.3. The summed E-state index contributed by atoms with van der Waals surface area (Å²) in [5.41, 5.74) is 0.514. The maximum Gasteiger partial charge on any atom is 0.408 e. The van der Waals surface area contributed by atoms with Crippen molar-refractivity contribution in [2.45, 2.75) is 71.8 Å². The molecule has 3 atom stereocenters. The number of rotatable bonds is 11. The molecule has 1 saturated heterocycles. The van der Waals surface area contributed by atoms with E-state index in [0.29, 0.717) is 32.6 Å². The van der Waals surface area contributed by atoms with Crippen LogP contribution in [0.5, 0.6) is 0 Å². The summed E-state index contributed by atoms with van der Waals surface area (Å²) in [7, 11) is 0. The number of carbonyl (C=O) groups is 2. The van der Waals surface area contributed by atoms with Crippen molar-refractivity contribution < 1.29 is 19.8 Å². The van der Waals surface area contributed by atoms with Gasteiger partial charge in [-0.05, 0) is 34.4 Å². The van der Waals surface area contributed by atoms with Gasteiger partial charge in [0, 0.05) is 38.8 Å². The molecule has 43 heavy (non-hydrogen) atoms. The fraction of sp³-hybridized carbons (Fsp3) is 0.444. The molecule has 1 aliphatic rings. The number of carboxylic acid groups (broad SMARTS) is 1. The molecule has 1 heterocycles. The molecule has 4 rings (SSSR count). The molecule has 0 spiro atoms. The van der Waals surface area contributed by atoms with Gasteiger partial charge in [0.25, 0.3) is 5.91 Å². The summed E-state index contributed by atoms with van der Waals surface area (Å²) in [6, 6.07) is 29.5. The molecule has 2 N–H and O–H groups in total. The number of amides is 2. The molecule has 1 unspecified atom stereocenters. The van der Waals surface area contributed by atoms with E-state index in [4.69, 9.17) is 0 Å². The van der Waals surface area contributed by atoms with Crippen LogP contribution in [0.4, 0.5) is 4.79 Å². The minimum atomic E-state index is -1.71. The Hall–Kier alpha value is -3.68. The summed E-state index contributed by atoms with van der Waals surface area (Å²) in [4.78, 5) is 32.9. The third-order valence-corrected chi connectivity index (χ3v) is 8.60. The van der Waals surface area contributed by atoms with Gasteiger partial charge in [0.1, 0.15) is 6.10 Å². The lowest BCUT2D eigenvalue weighted by molar-refractivity contribution is -0.181. The second kappa shape index (κ2) is 13.7. The van der Waals surface area contributed by atoms with Crippen molar-refractivity contribution >= 4 is 12.0 Å². The average Bonchev–Trinajstić information content (AvgIpc) is 2.97. The van der Waals surface area contributed by atoms with Gasteiger partial charge in [0.2, 0.25) is 0 Å². The van der Waals surface area contributed by atoms with Crippen LogP contribution in [0, 0.1) is 11.3 Å². The van der Waals surface area contributed by atoms with Crippen molar-refractivity contribution in [3.63, 3.8) is 0 Å². The molecule has 7 heteroatoms. The van der Waals surface area contributed by atoms with Crippen LogP contribution in [0.3, 0.4) is 0 Å². The van der Waals surface area contributed by atoms with Crippen molar-refractivity contribution in [1.82, 2.24) is 14.7 Å². The Bertz CT molecular complexity index is 1290. The minimum Gasteiger partial charge on any atom is -0.465 e. The highest BCUT2D eigenvalue weighted by atomic mass is 16.4. The number of carbonyl (C=O) groups excluding carboxylic acids is 1. The Balaban J connectivity index is 1.91. The van der Waals surface area contributed by atoms with E-state index >= 15 is 0 Å². The highest BCUT2D eigenvalue weighted by Gasteiger charge is 2.64. The van der Waals surface area contributed by atoms with E-state index in [0.717, 1.165) is 16.7 Å². The first-order valence-corrected chi connectivity index (χ1v) is 15.3. The smallest absolute Gasteiger partial charge is 0.408 e. The van der Waals surface area contributed by atoms with Crippen molar-refractivity contribution in [2.24, 2.45) is 11.3 Å². The Morgan fingerprint density at radius 2 is 1.30 bits per heavy atom. The third kappa shape index (κ3) is 7.11. The second-order valence-corrected chi connectivity index (χ2v) is 13.2. The summed E-state index contributed by atoms with van der Waals surface area (Å²) in [6.07, 6.45) is -2.09. The van der Waals surface area contributed by atoms with Gasteiger partial charge in [-0.1, -0.05) is 126 Å². The topological polar surface area (TPSA) is 84.3 Å². The number of aliphatic hydroxyl groups excluding tert-OH is 1. The number of hydrogen-bond donors (Lipinski definition) is 2. The predicted octanol–water partition coefficient (Wildman–Crippen LogP) is 5.92. The molecule has 1 aliphatic heterocycles. The van der Waals surface area contributed by atoms with E-state index in [2.05, 4.69) is 29.2 Å². The quantitative estimate of drug-likeness (QED) is 0.292. The Morgan fingerprint density at radius 1 is 0.837 bits per heavy atom. The fourth-order valence-electron chi connectivity index (χ4n) is 6.67. The normalized spacial score (nSPS) is 19.1. The van der Waals surface area contributed by atoms with Crippen LogP contribution in [0.25, 0.3) is 0 Å². The first-order chi connectivity index (χ1) is 20.4. The van der Waals surface area contributed by atoms with Crippen molar-refractivity contribution in [3.05, 3.63) is 108 Å². The lowest BCUT2D eigenvalue weighted by Gasteiger charge is -2.58. The molecule has 3 aromatic rings. The highest BCUT2D eigenvalue weighted by Crippen LogP contribution is 2.45. The Labute approximate surface area is 256 Å². The van der Waals surface area contributed by atoms with E-state index in [-0.39, 0.29) is 18.4 Å². The average molecular weight is 586 g/mol. The van der Waals surface area contributed by atoms with Crippen LogP contribution in [0.2, 0.25) is 0 Å². The molecule has 2 amide bonds. The van der Waals surface area contributed by atoms with Crippen LogP contribution in [-0.2, 0) is 24.3 Å². The number of hydrogen-bond acceptors (Lipinski definition) is 4. The molecule has 230 valence electrons. The summed E-state index contributed by atoms with van der Waals surface area (Å²) < 4.78 is 0. The Morgan fingerprint density at radius 3 is 1.72 bits per heavy atom. The van der Waals surface area contributed by atoms with E-state index in [1.165, 1.54) is 4.90 Å². The molecule has 7 nitrogen and oxygen atoms in total. The van der Waals surface area contributed by atoms with Gasteiger partial charge in [0.05, 0.1) is 0 Å². The van der Waals surface area contributed by atoms with Crippen LogP contribution in [-0.4, -0.2) is 74.2 Å². The van der Waals surface area contributed by atoms with Crippen LogP contribution >= 0.6 is 0 Å². The highest BCUT2D eigenvalue weighted by molar-refractivity contribution is 5.92. The zero-order valence-corrected chi connectivity index (χ0v) is 26.2. The van der Waals surface area contributed by atoms with Crippen LogP contribution in [0.15, 0.2) is 91.0 Å². The number of aliphatic hydroxyl groups is 1. The third-order valence-electron chi connectivity index (χ3n) is 8.60. The van der Waals surface area contributed by atoms with Crippen molar-refractivity contribution in [2.75, 3.05) is 19.6 Å². The molecule has 0 aliphatic carbocycles. The van der Waals surface area contributed by atoms with Crippen molar-refractivity contribution in [3.8, 4) is 0 Å². The molecule has 0 saturated carbocycles. The number of piperazine rings is 1. The predicted molar refractivity (Wildman–Crippen MR) is 170 cm³/mol. The molecule has 0 aromatic heterocycles. The SMILES string of the molecule is CC(C)CN1CCN(C(=O)O)C([C@@H](O)[C@H](Cc2ccccc2)N(Cc2ccccc2)Cc2ccccc2)(C(C)(C)C)C1=O. The van der Waals surface area contributed by atoms with Gasteiger partial charge >= 0.3 is 6.09 Å². The first kappa shape index (κ1) is 32.2. The maximum absolute atomic E-state index is 14.7. The molecule has 0 radical (unpaired) electrons.